The molecule has 0 aliphatic rings. The van der Waals surface area contributed by atoms with Gasteiger partial charge < -0.3 is 9.84 Å². The van der Waals surface area contributed by atoms with Gasteiger partial charge in [0, 0.05) is 6.07 Å². The van der Waals surface area contributed by atoms with Gasteiger partial charge in [-0.05, 0) is 0 Å². The van der Waals surface area contributed by atoms with E-state index in [0.29, 0.717) is 0 Å². The highest BCUT2D eigenvalue weighted by Crippen LogP contribution is 2.19. The third-order valence-electron chi connectivity index (χ3n) is 1.45. The SMILES string of the molecule is COc1cc(C(=N)C#N)c(O)cn1. The molecule has 1 rings (SSSR count). The Morgan fingerprint density at radius 3 is 3.00 bits per heavy atom. The van der Waals surface area contributed by atoms with Gasteiger partial charge in [-0.1, -0.05) is 0 Å². The summed E-state index contributed by atoms with van der Waals surface area (Å²) >= 11 is 0. The third-order valence-corrected chi connectivity index (χ3v) is 1.45. The van der Waals surface area contributed by atoms with Crippen LogP contribution in [0, 0.1) is 16.7 Å². The molecule has 1 heterocycles. The molecule has 0 saturated carbocycles. The van der Waals surface area contributed by atoms with Crippen molar-refractivity contribution in [2.24, 2.45) is 0 Å². The quantitative estimate of drug-likeness (QED) is 0.650. The number of hydrogen-bond donors (Lipinski definition) is 2. The molecule has 0 bridgehead atoms. The first-order valence-electron chi connectivity index (χ1n) is 3.41. The lowest BCUT2D eigenvalue weighted by Gasteiger charge is -2.02. The molecule has 0 aromatic carbocycles. The zero-order chi connectivity index (χ0) is 9.84. The molecule has 13 heavy (non-hydrogen) atoms. The molecular weight excluding hydrogens is 170 g/mol. The minimum atomic E-state index is -0.321. The summed E-state index contributed by atoms with van der Waals surface area (Å²) in [4.78, 5) is 3.70. The van der Waals surface area contributed by atoms with Crippen molar-refractivity contribution in [2.45, 2.75) is 0 Å². The first-order chi connectivity index (χ1) is 6.19. The lowest BCUT2D eigenvalue weighted by atomic mass is 10.1. The molecule has 5 heteroatoms. The van der Waals surface area contributed by atoms with Crippen LogP contribution in [0.25, 0.3) is 0 Å². The van der Waals surface area contributed by atoms with E-state index in [9.17, 15) is 5.11 Å². The fraction of sp³-hybridized carbons (Fsp3) is 0.125. The number of nitrogens with zero attached hydrogens (tertiary/aromatic N) is 2. The highest BCUT2D eigenvalue weighted by molar-refractivity contribution is 6.11. The van der Waals surface area contributed by atoms with Crippen LogP contribution in [0.3, 0.4) is 0 Å². The second-order valence-corrected chi connectivity index (χ2v) is 2.23. The van der Waals surface area contributed by atoms with Gasteiger partial charge in [-0.2, -0.15) is 5.26 Å². The molecule has 0 fully saturated rings. The Bertz CT molecular complexity index is 381. The average Bonchev–Trinajstić information content (AvgIpc) is 2.17. The van der Waals surface area contributed by atoms with Gasteiger partial charge >= 0.3 is 0 Å². The Labute approximate surface area is 74.7 Å². The lowest BCUT2D eigenvalue weighted by Crippen LogP contribution is -1.97. The Hall–Kier alpha value is -2.09. The first kappa shape index (κ1) is 9.00. The van der Waals surface area contributed by atoms with E-state index in [-0.39, 0.29) is 22.9 Å². The molecule has 1 aromatic heterocycles. The van der Waals surface area contributed by atoms with E-state index in [4.69, 9.17) is 15.4 Å². The topological polar surface area (TPSA) is 90.0 Å². The number of aromatic nitrogens is 1. The van der Waals surface area contributed by atoms with E-state index in [1.165, 1.54) is 13.2 Å². The Morgan fingerprint density at radius 2 is 2.46 bits per heavy atom. The van der Waals surface area contributed by atoms with Crippen molar-refractivity contribution in [3.8, 4) is 17.7 Å². The summed E-state index contributed by atoms with van der Waals surface area (Å²) < 4.78 is 4.78. The third kappa shape index (κ3) is 1.73. The number of nitrogens with one attached hydrogen (secondary N) is 1. The van der Waals surface area contributed by atoms with Crippen molar-refractivity contribution in [3.63, 3.8) is 0 Å². The summed E-state index contributed by atoms with van der Waals surface area (Å²) in [5.74, 6) is 0.0557. The van der Waals surface area contributed by atoms with Crippen LogP contribution in [0.1, 0.15) is 5.56 Å². The largest absolute Gasteiger partial charge is 0.506 e. The van der Waals surface area contributed by atoms with Gasteiger partial charge in [0.25, 0.3) is 0 Å². The first-order valence-corrected chi connectivity index (χ1v) is 3.41. The van der Waals surface area contributed by atoms with Crippen LogP contribution in [0.4, 0.5) is 0 Å². The monoisotopic (exact) mass is 177 g/mol. The molecule has 1 aromatic rings. The molecule has 0 aliphatic heterocycles. The maximum Gasteiger partial charge on any atom is 0.213 e. The van der Waals surface area contributed by atoms with Crippen LogP contribution < -0.4 is 4.74 Å². The molecule has 0 amide bonds. The number of methoxy groups -OCH3 is 1. The van der Waals surface area contributed by atoms with Gasteiger partial charge in [-0.3, -0.25) is 5.41 Å². The van der Waals surface area contributed by atoms with Crippen molar-refractivity contribution in [3.05, 3.63) is 17.8 Å². The van der Waals surface area contributed by atoms with E-state index in [1.54, 1.807) is 6.07 Å². The van der Waals surface area contributed by atoms with Crippen molar-refractivity contribution < 1.29 is 9.84 Å². The molecule has 0 spiro atoms. The highest BCUT2D eigenvalue weighted by atomic mass is 16.5. The zero-order valence-corrected chi connectivity index (χ0v) is 6.90. The number of hydrogen-bond acceptors (Lipinski definition) is 5. The number of nitriles is 1. The normalized spacial score (nSPS) is 8.92. The Morgan fingerprint density at radius 1 is 1.77 bits per heavy atom. The maximum absolute atomic E-state index is 9.22. The van der Waals surface area contributed by atoms with E-state index in [1.807, 2.05) is 0 Å². The fourth-order valence-corrected chi connectivity index (χ4v) is 0.801. The van der Waals surface area contributed by atoms with Crippen molar-refractivity contribution in [1.82, 2.24) is 4.98 Å². The van der Waals surface area contributed by atoms with Crippen LogP contribution >= 0.6 is 0 Å². The smallest absolute Gasteiger partial charge is 0.213 e. The van der Waals surface area contributed by atoms with Crippen LogP contribution in [0.15, 0.2) is 12.3 Å². The molecular formula is C8H7N3O2. The van der Waals surface area contributed by atoms with E-state index >= 15 is 0 Å². The molecule has 2 N–H and O–H groups in total. The molecule has 66 valence electrons. The molecule has 0 radical (unpaired) electrons. The maximum atomic E-state index is 9.22. The second kappa shape index (κ2) is 3.54. The average molecular weight is 177 g/mol. The van der Waals surface area contributed by atoms with Crippen LogP contribution in [-0.4, -0.2) is 22.9 Å². The summed E-state index contributed by atoms with van der Waals surface area (Å²) in [7, 11) is 1.42. The van der Waals surface area contributed by atoms with E-state index in [0.717, 1.165) is 6.20 Å². The number of pyridine rings is 1. The minimum Gasteiger partial charge on any atom is -0.506 e. The minimum absolute atomic E-state index is 0.120. The number of aromatic hydroxyl groups is 1. The van der Waals surface area contributed by atoms with Gasteiger partial charge in [0.05, 0.1) is 18.9 Å². The number of rotatable bonds is 2. The summed E-state index contributed by atoms with van der Waals surface area (Å²) in [6.07, 6.45) is 1.14. The number of ether oxygens (including phenoxy) is 1. The van der Waals surface area contributed by atoms with E-state index < -0.39 is 0 Å². The fourth-order valence-electron chi connectivity index (χ4n) is 0.801. The highest BCUT2D eigenvalue weighted by Gasteiger charge is 2.08. The predicted octanol–water partition coefficient (Wildman–Crippen LogP) is 0.687. The Kier molecular flexibility index (Phi) is 2.45. The lowest BCUT2D eigenvalue weighted by molar-refractivity contribution is 0.394. The summed E-state index contributed by atoms with van der Waals surface area (Å²) in [6.45, 7) is 0. The summed E-state index contributed by atoms with van der Waals surface area (Å²) in [6, 6.07) is 2.95. The van der Waals surface area contributed by atoms with Crippen LogP contribution in [0.2, 0.25) is 0 Å². The second-order valence-electron chi connectivity index (χ2n) is 2.23. The van der Waals surface area contributed by atoms with Gasteiger partial charge in [-0.25, -0.2) is 4.98 Å². The van der Waals surface area contributed by atoms with Crippen molar-refractivity contribution >= 4 is 5.71 Å². The Balaban J connectivity index is 3.20. The zero-order valence-electron chi connectivity index (χ0n) is 6.90. The molecule has 0 unspecified atom stereocenters. The molecule has 0 saturated heterocycles. The van der Waals surface area contributed by atoms with E-state index in [2.05, 4.69) is 4.98 Å². The van der Waals surface area contributed by atoms with Gasteiger partial charge in [0.1, 0.15) is 17.5 Å². The van der Waals surface area contributed by atoms with Gasteiger partial charge in [-0.15, -0.1) is 0 Å². The van der Waals surface area contributed by atoms with Gasteiger partial charge in [0.15, 0.2) is 0 Å². The van der Waals surface area contributed by atoms with Crippen LogP contribution in [0.5, 0.6) is 11.6 Å². The van der Waals surface area contributed by atoms with Crippen LogP contribution in [-0.2, 0) is 0 Å². The standard InChI is InChI=1S/C8H7N3O2/c1-13-8-2-5(6(10)3-9)7(12)4-11-8/h2,4,10,12H,1H3. The molecule has 0 atom stereocenters. The molecule has 0 aliphatic carbocycles. The van der Waals surface area contributed by atoms with Crippen molar-refractivity contribution in [1.29, 1.82) is 10.7 Å². The molecule has 5 nitrogen and oxygen atoms in total. The van der Waals surface area contributed by atoms with Gasteiger partial charge in [0.2, 0.25) is 5.88 Å². The summed E-state index contributed by atoms with van der Waals surface area (Å²) in [5.41, 5.74) is -0.201. The predicted molar refractivity (Wildman–Crippen MR) is 44.9 cm³/mol. The van der Waals surface area contributed by atoms with Crippen molar-refractivity contribution in [2.75, 3.05) is 7.11 Å². The summed E-state index contributed by atoms with van der Waals surface area (Å²) in [5, 5.41) is 24.8.